The Bertz CT molecular complexity index is 492. The summed E-state index contributed by atoms with van der Waals surface area (Å²) in [6, 6.07) is 0. The van der Waals surface area contributed by atoms with Crippen LogP contribution in [0.5, 0.6) is 0 Å². The van der Waals surface area contributed by atoms with Crippen LogP contribution >= 0.6 is 0 Å². The number of hydrogen-bond donors (Lipinski definition) is 1. The Hall–Kier alpha value is -1.62. The van der Waals surface area contributed by atoms with E-state index in [0.29, 0.717) is 18.9 Å². The van der Waals surface area contributed by atoms with Crippen molar-refractivity contribution >= 4 is 5.91 Å². The van der Waals surface area contributed by atoms with Gasteiger partial charge in [0, 0.05) is 19.5 Å². The van der Waals surface area contributed by atoms with Gasteiger partial charge in [0.15, 0.2) is 0 Å². The lowest BCUT2D eigenvalue weighted by Gasteiger charge is -2.25. The molecule has 1 N–H and O–H groups in total. The zero-order valence-electron chi connectivity index (χ0n) is 13.3. The van der Waals surface area contributed by atoms with E-state index >= 15 is 0 Å². The van der Waals surface area contributed by atoms with Crippen LogP contribution in [0.2, 0.25) is 0 Å². The molecule has 0 spiro atoms. The number of H-pyrrole nitrogens is 1. The van der Waals surface area contributed by atoms with Crippen LogP contribution < -0.4 is 0 Å². The van der Waals surface area contributed by atoms with E-state index in [1.807, 2.05) is 32.1 Å². The molecule has 0 saturated heterocycles. The fraction of sp³-hybridized carbons (Fsp3) is 0.625. The molecule has 0 fully saturated rings. The summed E-state index contributed by atoms with van der Waals surface area (Å²) in [6.07, 6.45) is 9.02. The van der Waals surface area contributed by atoms with Gasteiger partial charge in [-0.1, -0.05) is 12.2 Å². The van der Waals surface area contributed by atoms with E-state index in [2.05, 4.69) is 27.0 Å². The molecule has 1 heterocycles. The summed E-state index contributed by atoms with van der Waals surface area (Å²) < 4.78 is 0. The van der Waals surface area contributed by atoms with E-state index in [-0.39, 0.29) is 5.91 Å². The van der Waals surface area contributed by atoms with Gasteiger partial charge in [0.25, 0.3) is 0 Å². The Morgan fingerprint density at radius 1 is 1.43 bits per heavy atom. The molecule has 0 radical (unpaired) electrons. The highest BCUT2D eigenvalue weighted by Crippen LogP contribution is 2.21. The van der Waals surface area contributed by atoms with Crippen molar-refractivity contribution in [3.05, 3.63) is 29.9 Å². The predicted molar refractivity (Wildman–Crippen MR) is 83.8 cm³/mol. The molecule has 1 unspecified atom stereocenters. The van der Waals surface area contributed by atoms with Crippen LogP contribution in [0.15, 0.2) is 18.3 Å². The maximum atomic E-state index is 12.6. The molecule has 2 rings (SSSR count). The van der Waals surface area contributed by atoms with Gasteiger partial charge in [0.05, 0.1) is 18.4 Å². The van der Waals surface area contributed by atoms with Crippen molar-refractivity contribution in [2.75, 3.05) is 27.2 Å². The van der Waals surface area contributed by atoms with Crippen molar-refractivity contribution in [1.82, 2.24) is 19.8 Å². The van der Waals surface area contributed by atoms with Gasteiger partial charge in [0.1, 0.15) is 5.82 Å². The van der Waals surface area contributed by atoms with Gasteiger partial charge >= 0.3 is 0 Å². The van der Waals surface area contributed by atoms with Crippen molar-refractivity contribution in [2.24, 2.45) is 5.92 Å². The first-order valence-electron chi connectivity index (χ1n) is 7.64. The number of carbonyl (C=O) groups is 1. The van der Waals surface area contributed by atoms with Crippen LogP contribution in [0.4, 0.5) is 0 Å². The number of hydrogen-bond acceptors (Lipinski definition) is 3. The summed E-state index contributed by atoms with van der Waals surface area (Å²) in [4.78, 5) is 24.0. The molecular formula is C16H26N4O. The number of nitrogens with one attached hydrogen (secondary N) is 1. The number of amides is 1. The normalized spacial score (nSPS) is 17.6. The number of aryl methyl sites for hydroxylation is 1. The van der Waals surface area contributed by atoms with Crippen molar-refractivity contribution < 1.29 is 4.79 Å². The highest BCUT2D eigenvalue weighted by Gasteiger charge is 2.20. The topological polar surface area (TPSA) is 52.2 Å². The Morgan fingerprint density at radius 2 is 2.24 bits per heavy atom. The summed E-state index contributed by atoms with van der Waals surface area (Å²) in [7, 11) is 4.06. The maximum absolute atomic E-state index is 12.6. The smallest absolute Gasteiger partial charge is 0.223 e. The van der Waals surface area contributed by atoms with E-state index in [1.54, 1.807) is 0 Å². The molecule has 1 amide bonds. The van der Waals surface area contributed by atoms with Crippen molar-refractivity contribution in [2.45, 2.75) is 32.7 Å². The molecule has 0 saturated carbocycles. The van der Waals surface area contributed by atoms with E-state index in [1.165, 1.54) is 0 Å². The predicted octanol–water partition coefficient (Wildman–Crippen LogP) is 1.96. The third kappa shape index (κ3) is 5.01. The molecule has 5 nitrogen and oxygen atoms in total. The SMILES string of the molecule is Cc1ncc(CN(CCN(C)C)C(=O)CC2C=CCC2)[nH]1. The van der Waals surface area contributed by atoms with Gasteiger partial charge in [-0.25, -0.2) is 4.98 Å². The number of allylic oxidation sites excluding steroid dienone is 2. The fourth-order valence-corrected chi connectivity index (χ4v) is 2.59. The summed E-state index contributed by atoms with van der Waals surface area (Å²) in [5.41, 5.74) is 1.00. The monoisotopic (exact) mass is 290 g/mol. The van der Waals surface area contributed by atoms with Crippen LogP contribution in [-0.4, -0.2) is 52.9 Å². The molecular weight excluding hydrogens is 264 g/mol. The Labute approximate surface area is 127 Å². The molecule has 5 heteroatoms. The molecule has 21 heavy (non-hydrogen) atoms. The van der Waals surface area contributed by atoms with E-state index < -0.39 is 0 Å². The number of rotatable bonds is 7. The van der Waals surface area contributed by atoms with Gasteiger partial charge in [0.2, 0.25) is 5.91 Å². The number of aromatic amines is 1. The number of carbonyl (C=O) groups excluding carboxylic acids is 1. The highest BCUT2D eigenvalue weighted by molar-refractivity contribution is 5.76. The molecule has 0 aliphatic heterocycles. The first-order chi connectivity index (χ1) is 10.0. The van der Waals surface area contributed by atoms with Gasteiger partial charge in [-0.2, -0.15) is 0 Å². The third-order valence-corrected chi connectivity index (χ3v) is 3.84. The number of likely N-dealkylation sites (N-methyl/N-ethyl adjacent to an activating group) is 1. The lowest BCUT2D eigenvalue weighted by Crippen LogP contribution is -2.37. The second-order valence-corrected chi connectivity index (χ2v) is 6.08. The molecule has 1 aliphatic carbocycles. The minimum atomic E-state index is 0.237. The lowest BCUT2D eigenvalue weighted by atomic mass is 10.0. The van der Waals surface area contributed by atoms with Crippen molar-refractivity contribution in [1.29, 1.82) is 0 Å². The van der Waals surface area contributed by atoms with Crippen molar-refractivity contribution in [3.63, 3.8) is 0 Å². The van der Waals surface area contributed by atoms with Crippen molar-refractivity contribution in [3.8, 4) is 0 Å². The first-order valence-corrected chi connectivity index (χ1v) is 7.64. The molecule has 0 bridgehead atoms. The highest BCUT2D eigenvalue weighted by atomic mass is 16.2. The summed E-state index contributed by atoms with van der Waals surface area (Å²) in [5, 5.41) is 0. The Kier molecular flexibility index (Phi) is 5.56. The van der Waals surface area contributed by atoms with Crippen LogP contribution in [-0.2, 0) is 11.3 Å². The number of nitrogens with zero attached hydrogens (tertiary/aromatic N) is 3. The van der Waals surface area contributed by atoms with Gasteiger partial charge < -0.3 is 14.8 Å². The standard InChI is InChI=1S/C16H26N4O/c1-13-17-11-15(18-13)12-20(9-8-19(2)3)16(21)10-14-6-4-5-7-14/h4,6,11,14H,5,7-10,12H2,1-3H3,(H,17,18). The maximum Gasteiger partial charge on any atom is 0.223 e. The largest absolute Gasteiger partial charge is 0.345 e. The minimum Gasteiger partial charge on any atom is -0.345 e. The molecule has 1 aliphatic rings. The second-order valence-electron chi connectivity index (χ2n) is 6.08. The van der Waals surface area contributed by atoms with E-state index in [4.69, 9.17) is 0 Å². The van der Waals surface area contributed by atoms with Crippen LogP contribution in [0, 0.1) is 12.8 Å². The summed E-state index contributed by atoms with van der Waals surface area (Å²) in [5.74, 6) is 1.55. The lowest BCUT2D eigenvalue weighted by molar-refractivity contribution is -0.132. The van der Waals surface area contributed by atoms with Gasteiger partial charge in [-0.15, -0.1) is 0 Å². The molecule has 1 atom stereocenters. The number of aromatic nitrogens is 2. The zero-order chi connectivity index (χ0) is 15.2. The first kappa shape index (κ1) is 15.8. The zero-order valence-corrected chi connectivity index (χ0v) is 13.3. The molecule has 1 aromatic heterocycles. The Morgan fingerprint density at radius 3 is 2.81 bits per heavy atom. The average molecular weight is 290 g/mol. The van der Waals surface area contributed by atoms with Gasteiger partial charge in [-0.3, -0.25) is 4.79 Å². The fourth-order valence-electron chi connectivity index (χ4n) is 2.59. The molecule has 1 aromatic rings. The number of imidazole rings is 1. The average Bonchev–Trinajstić information content (AvgIpc) is 3.06. The van der Waals surface area contributed by atoms with Gasteiger partial charge in [-0.05, 0) is 39.8 Å². The van der Waals surface area contributed by atoms with Crippen LogP contribution in [0.1, 0.15) is 30.8 Å². The molecule has 116 valence electrons. The third-order valence-electron chi connectivity index (χ3n) is 3.84. The molecule has 0 aromatic carbocycles. The van der Waals surface area contributed by atoms with Crippen LogP contribution in [0.3, 0.4) is 0 Å². The second kappa shape index (κ2) is 7.41. The minimum absolute atomic E-state index is 0.237. The summed E-state index contributed by atoms with van der Waals surface area (Å²) >= 11 is 0. The quantitative estimate of drug-likeness (QED) is 0.781. The van der Waals surface area contributed by atoms with E-state index in [9.17, 15) is 4.79 Å². The van der Waals surface area contributed by atoms with Crippen LogP contribution in [0.25, 0.3) is 0 Å². The summed E-state index contributed by atoms with van der Waals surface area (Å²) in [6.45, 7) is 4.17. The Balaban J connectivity index is 1.96. The van der Waals surface area contributed by atoms with E-state index in [0.717, 1.165) is 37.4 Å².